The number of nitrogens with zero attached hydrogens (tertiary/aromatic N) is 1. The summed E-state index contributed by atoms with van der Waals surface area (Å²) in [6.07, 6.45) is -11.7. The molecule has 1 aliphatic heterocycles. The predicted octanol–water partition coefficient (Wildman–Crippen LogP) is 2.80. The molecular formula is C14H16F6N2O. The number of hydrogen-bond acceptors (Lipinski definition) is 3. The first-order valence-electron chi connectivity index (χ1n) is 6.92. The highest BCUT2D eigenvalue weighted by atomic mass is 19.4. The van der Waals surface area contributed by atoms with Gasteiger partial charge in [0.05, 0.1) is 0 Å². The number of anilines is 1. The van der Waals surface area contributed by atoms with Crippen molar-refractivity contribution in [2.45, 2.75) is 30.9 Å². The molecule has 1 aromatic carbocycles. The van der Waals surface area contributed by atoms with Crippen LogP contribution < -0.4 is 10.2 Å². The fraction of sp³-hybridized carbons (Fsp3) is 0.571. The first kappa shape index (κ1) is 17.9. The van der Waals surface area contributed by atoms with Gasteiger partial charge in [-0.2, -0.15) is 26.3 Å². The molecule has 1 fully saturated rings. The molecule has 1 heterocycles. The summed E-state index contributed by atoms with van der Waals surface area (Å²) < 4.78 is 76.9. The van der Waals surface area contributed by atoms with Crippen LogP contribution in [0.4, 0.5) is 32.0 Å². The Morgan fingerprint density at radius 2 is 1.57 bits per heavy atom. The van der Waals surface area contributed by atoms with Crippen molar-refractivity contribution < 1.29 is 31.4 Å². The smallest absolute Gasteiger partial charge is 0.369 e. The molecule has 130 valence electrons. The highest BCUT2D eigenvalue weighted by Crippen LogP contribution is 2.50. The lowest BCUT2D eigenvalue weighted by Gasteiger charge is -2.37. The van der Waals surface area contributed by atoms with Crippen LogP contribution in [0.5, 0.6) is 0 Å². The number of benzene rings is 1. The Kier molecular flexibility index (Phi) is 4.55. The van der Waals surface area contributed by atoms with E-state index in [1.165, 1.54) is 12.1 Å². The molecule has 3 nitrogen and oxygen atoms in total. The summed E-state index contributed by atoms with van der Waals surface area (Å²) in [7, 11) is 0. The molecule has 0 aliphatic carbocycles. The van der Waals surface area contributed by atoms with E-state index in [1.54, 1.807) is 0 Å². The van der Waals surface area contributed by atoms with Crippen molar-refractivity contribution in [1.29, 1.82) is 0 Å². The van der Waals surface area contributed by atoms with E-state index in [1.807, 2.05) is 11.8 Å². The average molecular weight is 342 g/mol. The van der Waals surface area contributed by atoms with Crippen LogP contribution in [0.25, 0.3) is 0 Å². The normalized spacial score (nSPS) is 20.7. The van der Waals surface area contributed by atoms with E-state index >= 15 is 0 Å². The van der Waals surface area contributed by atoms with Crippen molar-refractivity contribution in [3.8, 4) is 0 Å². The number of halogens is 6. The molecule has 2 rings (SSSR count). The lowest BCUT2D eigenvalue weighted by Crippen LogP contribution is -2.54. The van der Waals surface area contributed by atoms with Crippen LogP contribution in [0, 0.1) is 0 Å². The largest absolute Gasteiger partial charge is 0.430 e. The van der Waals surface area contributed by atoms with Gasteiger partial charge in [-0.15, -0.1) is 0 Å². The van der Waals surface area contributed by atoms with Gasteiger partial charge in [-0.25, -0.2) is 0 Å². The first-order chi connectivity index (χ1) is 10.5. The Hall–Kier alpha value is -1.48. The molecule has 1 atom stereocenters. The summed E-state index contributed by atoms with van der Waals surface area (Å²) in [6.45, 7) is 3.81. The zero-order chi connectivity index (χ0) is 17.5. The van der Waals surface area contributed by atoms with Crippen molar-refractivity contribution in [2.24, 2.45) is 0 Å². The maximum Gasteiger partial charge on any atom is 0.430 e. The molecule has 1 saturated heterocycles. The molecule has 0 amide bonds. The molecular weight excluding hydrogens is 326 g/mol. The Balaban J connectivity index is 2.37. The maximum absolute atomic E-state index is 12.8. The van der Waals surface area contributed by atoms with Gasteiger partial charge in [0, 0.05) is 36.9 Å². The van der Waals surface area contributed by atoms with Crippen LogP contribution in [-0.4, -0.2) is 43.1 Å². The quantitative estimate of drug-likeness (QED) is 0.812. The standard InChI is InChI=1S/C14H16F6N2O/c1-9-8-21-6-7-22(9)11-4-2-10(3-5-11)12(23,13(15,16)17)14(18,19)20/h2-5,9,21,23H,6-8H2,1H3. The third kappa shape index (κ3) is 3.12. The minimum Gasteiger partial charge on any atom is -0.369 e. The zero-order valence-corrected chi connectivity index (χ0v) is 12.2. The van der Waals surface area contributed by atoms with Crippen LogP contribution >= 0.6 is 0 Å². The Morgan fingerprint density at radius 3 is 2.00 bits per heavy atom. The van der Waals surface area contributed by atoms with E-state index in [9.17, 15) is 31.4 Å². The number of aliphatic hydroxyl groups is 1. The maximum atomic E-state index is 12.8. The Labute approximate surface area is 128 Å². The first-order valence-corrected chi connectivity index (χ1v) is 6.92. The van der Waals surface area contributed by atoms with E-state index in [4.69, 9.17) is 0 Å². The van der Waals surface area contributed by atoms with Gasteiger partial charge in [0.25, 0.3) is 5.60 Å². The van der Waals surface area contributed by atoms with Gasteiger partial charge < -0.3 is 15.3 Å². The molecule has 1 aliphatic rings. The fourth-order valence-corrected chi connectivity index (χ4v) is 2.61. The van der Waals surface area contributed by atoms with Crippen LogP contribution in [0.15, 0.2) is 24.3 Å². The van der Waals surface area contributed by atoms with Gasteiger partial charge in [-0.3, -0.25) is 0 Å². The summed E-state index contributed by atoms with van der Waals surface area (Å²) >= 11 is 0. The van der Waals surface area contributed by atoms with Crippen molar-refractivity contribution in [2.75, 3.05) is 24.5 Å². The molecule has 9 heteroatoms. The van der Waals surface area contributed by atoms with Crippen LogP contribution in [-0.2, 0) is 5.60 Å². The summed E-state index contributed by atoms with van der Waals surface area (Å²) in [5.41, 5.74) is -5.62. The molecule has 1 aromatic rings. The van der Waals surface area contributed by atoms with Crippen LogP contribution in [0.1, 0.15) is 12.5 Å². The Bertz CT molecular complexity index is 526. The summed E-state index contributed by atoms with van der Waals surface area (Å²) in [6, 6.07) is 3.73. The molecule has 0 aromatic heterocycles. The summed E-state index contributed by atoms with van der Waals surface area (Å²) in [5, 5.41) is 12.5. The number of piperazine rings is 1. The van der Waals surface area contributed by atoms with Crippen LogP contribution in [0.3, 0.4) is 0 Å². The highest BCUT2D eigenvalue weighted by Gasteiger charge is 2.71. The van der Waals surface area contributed by atoms with Gasteiger partial charge in [0.1, 0.15) is 0 Å². The van der Waals surface area contributed by atoms with E-state index in [0.717, 1.165) is 0 Å². The van der Waals surface area contributed by atoms with E-state index in [-0.39, 0.29) is 6.04 Å². The third-order valence-electron chi connectivity index (χ3n) is 3.94. The third-order valence-corrected chi connectivity index (χ3v) is 3.94. The molecule has 23 heavy (non-hydrogen) atoms. The van der Waals surface area contributed by atoms with Gasteiger partial charge in [-0.1, -0.05) is 12.1 Å². The van der Waals surface area contributed by atoms with E-state index in [2.05, 4.69) is 5.32 Å². The van der Waals surface area contributed by atoms with Gasteiger partial charge in [0.15, 0.2) is 0 Å². The molecule has 0 saturated carbocycles. The summed E-state index contributed by atoms with van der Waals surface area (Å²) in [5.74, 6) is 0. The van der Waals surface area contributed by atoms with Crippen LogP contribution in [0.2, 0.25) is 0 Å². The summed E-state index contributed by atoms with van der Waals surface area (Å²) in [4.78, 5) is 1.88. The van der Waals surface area contributed by atoms with E-state index < -0.39 is 23.5 Å². The van der Waals surface area contributed by atoms with Crippen molar-refractivity contribution in [3.63, 3.8) is 0 Å². The predicted molar refractivity (Wildman–Crippen MR) is 72.1 cm³/mol. The minimum absolute atomic E-state index is 0.0544. The SMILES string of the molecule is CC1CNCCN1c1ccc(C(O)(C(F)(F)F)C(F)(F)F)cc1. The second-order valence-corrected chi connectivity index (χ2v) is 5.50. The fourth-order valence-electron chi connectivity index (χ4n) is 2.61. The zero-order valence-electron chi connectivity index (χ0n) is 12.2. The number of hydrogen-bond donors (Lipinski definition) is 2. The number of nitrogens with one attached hydrogen (secondary N) is 1. The second kappa shape index (κ2) is 5.86. The molecule has 0 radical (unpaired) electrons. The highest BCUT2D eigenvalue weighted by molar-refractivity contribution is 5.50. The average Bonchev–Trinajstić information content (AvgIpc) is 2.45. The number of alkyl halides is 6. The lowest BCUT2D eigenvalue weighted by atomic mass is 9.92. The molecule has 0 bridgehead atoms. The topological polar surface area (TPSA) is 35.5 Å². The monoisotopic (exact) mass is 342 g/mol. The molecule has 2 N–H and O–H groups in total. The van der Waals surface area contributed by atoms with Gasteiger partial charge in [-0.05, 0) is 19.1 Å². The Morgan fingerprint density at radius 1 is 1.04 bits per heavy atom. The van der Waals surface area contributed by atoms with Crippen molar-refractivity contribution >= 4 is 5.69 Å². The van der Waals surface area contributed by atoms with Crippen molar-refractivity contribution in [3.05, 3.63) is 29.8 Å². The minimum atomic E-state index is -5.87. The molecule has 0 spiro atoms. The van der Waals surface area contributed by atoms with E-state index in [0.29, 0.717) is 37.5 Å². The number of rotatable bonds is 2. The molecule has 1 unspecified atom stereocenters. The second-order valence-electron chi connectivity index (χ2n) is 5.50. The van der Waals surface area contributed by atoms with Crippen molar-refractivity contribution in [1.82, 2.24) is 5.32 Å². The van der Waals surface area contributed by atoms with Gasteiger partial charge >= 0.3 is 12.4 Å². The van der Waals surface area contributed by atoms with Gasteiger partial charge in [0.2, 0.25) is 0 Å². The lowest BCUT2D eigenvalue weighted by molar-refractivity contribution is -0.376.